The molecular formula is C8H15NaO4. The van der Waals surface area contributed by atoms with Crippen molar-refractivity contribution in [2.75, 3.05) is 0 Å². The summed E-state index contributed by atoms with van der Waals surface area (Å²) in [7, 11) is 0. The second-order valence-electron chi connectivity index (χ2n) is 2.72. The Bertz CT molecular complexity index is 156. The third-order valence-electron chi connectivity index (χ3n) is 1.69. The van der Waals surface area contributed by atoms with Crippen molar-refractivity contribution in [2.24, 2.45) is 5.92 Å². The van der Waals surface area contributed by atoms with Crippen molar-refractivity contribution in [2.45, 2.75) is 32.6 Å². The second-order valence-corrected chi connectivity index (χ2v) is 2.72. The molecule has 72 valence electrons. The fraction of sp³-hybridized carbons (Fsp3) is 0.750. The predicted octanol–water partition coefficient (Wildman–Crippen LogP) is 0.704. The number of unbranched alkanes of at least 4 members (excludes halogenated alkanes) is 2. The van der Waals surface area contributed by atoms with Crippen LogP contribution in [0.15, 0.2) is 0 Å². The van der Waals surface area contributed by atoms with E-state index >= 15 is 0 Å². The summed E-state index contributed by atoms with van der Waals surface area (Å²) in [5.74, 6) is -3.70. The van der Waals surface area contributed by atoms with Crippen molar-refractivity contribution < 1.29 is 19.8 Å². The fourth-order valence-corrected chi connectivity index (χ4v) is 0.951. The van der Waals surface area contributed by atoms with E-state index in [2.05, 4.69) is 0 Å². The zero-order valence-electron chi connectivity index (χ0n) is 7.12. The van der Waals surface area contributed by atoms with Crippen LogP contribution < -0.4 is 0 Å². The number of carbonyl (C=O) groups is 2. The number of hydrogen-bond acceptors (Lipinski definition) is 2. The summed E-state index contributed by atoms with van der Waals surface area (Å²) in [6.07, 6.45) is 2.75. The maximum absolute atomic E-state index is 10.4. The molecule has 5 heteroatoms. The summed E-state index contributed by atoms with van der Waals surface area (Å²) in [5, 5.41) is 16.9. The SMILES string of the molecule is CCCCCC(C(=O)O)C(=O)O.[NaH]. The Morgan fingerprint density at radius 2 is 1.62 bits per heavy atom. The minimum atomic E-state index is -1.24. The molecule has 0 saturated carbocycles. The molecule has 0 aromatic heterocycles. The molecule has 0 heterocycles. The van der Waals surface area contributed by atoms with Crippen LogP contribution in [-0.4, -0.2) is 51.7 Å². The second kappa shape index (κ2) is 8.53. The number of hydrogen-bond donors (Lipinski definition) is 2. The van der Waals surface area contributed by atoms with Crippen molar-refractivity contribution >= 4 is 41.5 Å². The summed E-state index contributed by atoms with van der Waals surface area (Å²) in [4.78, 5) is 20.7. The molecule has 0 unspecified atom stereocenters. The molecule has 0 aromatic carbocycles. The molecule has 0 radical (unpaired) electrons. The topological polar surface area (TPSA) is 74.6 Å². The van der Waals surface area contributed by atoms with Crippen LogP contribution in [0.25, 0.3) is 0 Å². The third kappa shape index (κ3) is 7.05. The van der Waals surface area contributed by atoms with Gasteiger partial charge >= 0.3 is 41.5 Å². The molecule has 0 atom stereocenters. The Balaban J connectivity index is 0. The Hall–Kier alpha value is -0.0600. The molecule has 0 amide bonds. The molecule has 13 heavy (non-hydrogen) atoms. The molecule has 0 rings (SSSR count). The third-order valence-corrected chi connectivity index (χ3v) is 1.69. The summed E-state index contributed by atoms with van der Waals surface area (Å²) in [6, 6.07) is 0. The molecule has 0 fully saturated rings. The van der Waals surface area contributed by atoms with Gasteiger partial charge in [0.2, 0.25) is 0 Å². The first-order chi connectivity index (χ1) is 5.59. The minimum absolute atomic E-state index is 0. The number of carboxylic acid groups (broad SMARTS) is 2. The van der Waals surface area contributed by atoms with E-state index in [1.807, 2.05) is 6.92 Å². The summed E-state index contributed by atoms with van der Waals surface area (Å²) in [5.41, 5.74) is 0. The molecule has 0 aliphatic heterocycles. The standard InChI is InChI=1S/C8H14O4.Na.H/c1-2-3-4-5-6(7(9)10)8(11)12;;/h6H,2-5H2,1H3,(H,9,10)(H,11,12);;. The molecule has 2 N–H and O–H groups in total. The van der Waals surface area contributed by atoms with E-state index in [0.29, 0.717) is 6.42 Å². The van der Waals surface area contributed by atoms with Crippen LogP contribution in [0.3, 0.4) is 0 Å². The van der Waals surface area contributed by atoms with Crippen molar-refractivity contribution in [3.05, 3.63) is 0 Å². The van der Waals surface area contributed by atoms with Gasteiger partial charge in [0.05, 0.1) is 0 Å². The van der Waals surface area contributed by atoms with E-state index in [4.69, 9.17) is 10.2 Å². The summed E-state index contributed by atoms with van der Waals surface area (Å²) < 4.78 is 0. The average molecular weight is 198 g/mol. The van der Waals surface area contributed by atoms with Crippen LogP contribution in [0, 0.1) is 5.92 Å². The van der Waals surface area contributed by atoms with Crippen LogP contribution in [-0.2, 0) is 9.59 Å². The van der Waals surface area contributed by atoms with Gasteiger partial charge in [-0.05, 0) is 6.42 Å². The summed E-state index contributed by atoms with van der Waals surface area (Å²) >= 11 is 0. The van der Waals surface area contributed by atoms with Gasteiger partial charge in [0.15, 0.2) is 5.92 Å². The molecule has 0 saturated heterocycles. The molecule has 0 spiro atoms. The molecule has 0 aromatic rings. The van der Waals surface area contributed by atoms with E-state index in [-0.39, 0.29) is 36.0 Å². The van der Waals surface area contributed by atoms with Crippen LogP contribution in [0.2, 0.25) is 0 Å². The van der Waals surface area contributed by atoms with E-state index in [1.54, 1.807) is 0 Å². The number of aliphatic carboxylic acids is 2. The first kappa shape index (κ1) is 15.4. The zero-order valence-corrected chi connectivity index (χ0v) is 7.12. The van der Waals surface area contributed by atoms with Crippen molar-refractivity contribution in [1.82, 2.24) is 0 Å². The van der Waals surface area contributed by atoms with Gasteiger partial charge in [0.1, 0.15) is 0 Å². The fourth-order valence-electron chi connectivity index (χ4n) is 0.951. The Labute approximate surface area is 99.6 Å². The molecule has 4 nitrogen and oxygen atoms in total. The molecule has 0 aliphatic rings. The molecule has 0 bridgehead atoms. The van der Waals surface area contributed by atoms with E-state index in [0.717, 1.165) is 12.8 Å². The van der Waals surface area contributed by atoms with Crippen LogP contribution in [0.4, 0.5) is 0 Å². The van der Waals surface area contributed by atoms with Crippen molar-refractivity contribution in [1.29, 1.82) is 0 Å². The van der Waals surface area contributed by atoms with Crippen molar-refractivity contribution in [3.63, 3.8) is 0 Å². The van der Waals surface area contributed by atoms with Gasteiger partial charge in [-0.15, -0.1) is 0 Å². The van der Waals surface area contributed by atoms with Gasteiger partial charge in [-0.25, -0.2) is 0 Å². The first-order valence-corrected chi connectivity index (χ1v) is 4.05. The first-order valence-electron chi connectivity index (χ1n) is 4.05. The molecule has 0 aliphatic carbocycles. The van der Waals surface area contributed by atoms with Crippen LogP contribution >= 0.6 is 0 Å². The van der Waals surface area contributed by atoms with Gasteiger partial charge < -0.3 is 10.2 Å². The molecular weight excluding hydrogens is 183 g/mol. The Kier molecular flexibility index (Phi) is 10.1. The van der Waals surface area contributed by atoms with E-state index in [1.165, 1.54) is 0 Å². The monoisotopic (exact) mass is 198 g/mol. The van der Waals surface area contributed by atoms with Crippen LogP contribution in [0.5, 0.6) is 0 Å². The van der Waals surface area contributed by atoms with Gasteiger partial charge in [0.25, 0.3) is 0 Å². The summed E-state index contributed by atoms with van der Waals surface area (Å²) in [6.45, 7) is 1.98. The van der Waals surface area contributed by atoms with E-state index < -0.39 is 17.9 Å². The maximum atomic E-state index is 10.4. The Morgan fingerprint density at radius 1 is 1.15 bits per heavy atom. The number of rotatable bonds is 6. The van der Waals surface area contributed by atoms with Crippen LogP contribution in [0.1, 0.15) is 32.6 Å². The average Bonchev–Trinajstić information content (AvgIpc) is 1.96. The van der Waals surface area contributed by atoms with Gasteiger partial charge in [-0.1, -0.05) is 26.2 Å². The van der Waals surface area contributed by atoms with E-state index in [9.17, 15) is 9.59 Å². The zero-order chi connectivity index (χ0) is 9.56. The van der Waals surface area contributed by atoms with Gasteiger partial charge in [0, 0.05) is 0 Å². The van der Waals surface area contributed by atoms with Crippen molar-refractivity contribution in [3.8, 4) is 0 Å². The normalized spacial score (nSPS) is 9.38. The van der Waals surface area contributed by atoms with Gasteiger partial charge in [-0.3, -0.25) is 9.59 Å². The van der Waals surface area contributed by atoms with Gasteiger partial charge in [-0.2, -0.15) is 0 Å². The Morgan fingerprint density at radius 3 is 1.92 bits per heavy atom. The predicted molar refractivity (Wildman–Crippen MR) is 50.1 cm³/mol. The quantitative estimate of drug-likeness (QED) is 0.374. The number of carboxylic acids is 2.